The van der Waals surface area contributed by atoms with Gasteiger partial charge >= 0.3 is 39.0 Å². The van der Waals surface area contributed by atoms with Crippen LogP contribution in [0.25, 0.3) is 0 Å². The third-order valence-corrected chi connectivity index (χ3v) is 3.11. The average molecular weight is 620 g/mol. The molecular formula is C21H25AlO14Zr. The van der Waals surface area contributed by atoms with Crippen LogP contribution in [0.15, 0.2) is 88.6 Å². The molecule has 0 aromatic heterocycles. The Hall–Kier alpha value is -4.11. The summed E-state index contributed by atoms with van der Waals surface area (Å²) in [6, 6.07) is 0. The van der Waals surface area contributed by atoms with E-state index >= 15 is 0 Å². The summed E-state index contributed by atoms with van der Waals surface area (Å²) in [5.74, 6) is -6.49. The molecule has 0 aliphatic heterocycles. The first-order valence-corrected chi connectivity index (χ1v) is 9.94. The maximum Gasteiger partial charge on any atom is 1.20 e. The molecule has 0 aliphatic carbocycles. The van der Waals surface area contributed by atoms with Crippen molar-refractivity contribution in [2.75, 3.05) is 0 Å². The molecule has 0 spiro atoms. The molecule has 200 valence electrons. The van der Waals surface area contributed by atoms with E-state index in [-0.39, 0.29) is 26.2 Å². The van der Waals surface area contributed by atoms with Gasteiger partial charge in [0.05, 0.1) is 0 Å². The first kappa shape index (κ1) is 46.3. The molecule has 0 amide bonds. The Balaban J connectivity index is -0.0000000941. The van der Waals surface area contributed by atoms with Crippen molar-refractivity contribution in [1.82, 2.24) is 0 Å². The van der Waals surface area contributed by atoms with Gasteiger partial charge in [-0.1, -0.05) is 46.1 Å². The summed E-state index contributed by atoms with van der Waals surface area (Å²) in [5, 5.41) is 30.4. The van der Waals surface area contributed by atoms with Crippen LogP contribution in [-0.4, -0.2) is 77.4 Å². The van der Waals surface area contributed by atoms with Gasteiger partial charge in [0.2, 0.25) is 0 Å². The Labute approximate surface area is 236 Å². The van der Waals surface area contributed by atoms with E-state index in [2.05, 4.69) is 57.4 Å². The van der Waals surface area contributed by atoms with Gasteiger partial charge < -0.3 is 31.8 Å². The summed E-state index contributed by atoms with van der Waals surface area (Å²) in [5.41, 5.74) is 0. The number of aliphatic carboxylic acids is 4. The second kappa shape index (κ2) is 34.1. The van der Waals surface area contributed by atoms with Crippen molar-refractivity contribution in [3.05, 3.63) is 88.6 Å². The molecular weight excluding hydrogens is 594 g/mol. The Morgan fingerprint density at radius 2 is 0.568 bits per heavy atom. The Kier molecular flexibility index (Phi) is 42.6. The van der Waals surface area contributed by atoms with Crippen LogP contribution in [0.4, 0.5) is 0 Å². The number of carboxylic acids is 4. The van der Waals surface area contributed by atoms with Gasteiger partial charge in [-0.3, -0.25) is 14.4 Å². The molecule has 0 radical (unpaired) electrons. The summed E-state index contributed by atoms with van der Waals surface area (Å²) < 4.78 is 13.6. The van der Waals surface area contributed by atoms with Gasteiger partial charge in [-0.05, 0) is 0 Å². The van der Waals surface area contributed by atoms with Gasteiger partial charge in [0.15, 0.2) is 0 Å². The van der Waals surface area contributed by atoms with E-state index in [1.165, 1.54) is 0 Å². The molecule has 37 heavy (non-hydrogen) atoms. The van der Waals surface area contributed by atoms with Crippen molar-refractivity contribution in [3.63, 3.8) is 0 Å². The zero-order valence-corrected chi connectivity index (χ0v) is 23.1. The SMILES string of the molecule is C=CC(=O)O.C=CC(=O)O.C=CC(=O)O.C=CC(=O)O.C=CC(=O)[O][Al]([O]C(=O)C=C)[O]C(=O)C=C.[Zr]. The molecule has 0 aromatic carbocycles. The van der Waals surface area contributed by atoms with Crippen molar-refractivity contribution in [1.29, 1.82) is 0 Å². The minimum absolute atomic E-state index is 0. The first-order valence-electron chi connectivity index (χ1n) is 8.52. The van der Waals surface area contributed by atoms with Crippen LogP contribution in [0, 0.1) is 0 Å². The maximum atomic E-state index is 10.8. The molecule has 0 bridgehead atoms. The Bertz CT molecular complexity index is 724. The average Bonchev–Trinajstić information content (AvgIpc) is 2.84. The molecule has 0 rings (SSSR count). The second-order valence-electron chi connectivity index (χ2n) is 4.38. The third kappa shape index (κ3) is 59.5. The molecule has 0 unspecified atom stereocenters. The van der Waals surface area contributed by atoms with Gasteiger partial charge in [-0.15, -0.1) is 0 Å². The maximum absolute atomic E-state index is 10.8. The molecule has 14 nitrogen and oxygen atoms in total. The van der Waals surface area contributed by atoms with Gasteiger partial charge in [-0.25, -0.2) is 19.2 Å². The molecule has 0 fully saturated rings. The van der Waals surface area contributed by atoms with Crippen molar-refractivity contribution < 1.29 is 91.6 Å². The number of carbonyl (C=O) groups is 7. The van der Waals surface area contributed by atoms with Crippen LogP contribution >= 0.6 is 0 Å². The number of carboxylic acid groups (broad SMARTS) is 4. The summed E-state index contributed by atoms with van der Waals surface area (Å²) in [6.45, 7) is 21.3. The summed E-state index contributed by atoms with van der Waals surface area (Å²) in [4.78, 5) is 69.5. The molecule has 0 aliphatic rings. The van der Waals surface area contributed by atoms with E-state index in [0.717, 1.165) is 42.5 Å². The van der Waals surface area contributed by atoms with Gasteiger partial charge in [0.25, 0.3) is 17.9 Å². The van der Waals surface area contributed by atoms with E-state index < -0.39 is 56.9 Å². The van der Waals surface area contributed by atoms with Gasteiger partial charge in [0.1, 0.15) is 0 Å². The van der Waals surface area contributed by atoms with Crippen LogP contribution in [0.1, 0.15) is 0 Å². The fraction of sp³-hybridized carbons (Fsp3) is 0. The van der Waals surface area contributed by atoms with E-state index in [0.29, 0.717) is 0 Å². The van der Waals surface area contributed by atoms with Crippen LogP contribution in [-0.2, 0) is 71.1 Å². The van der Waals surface area contributed by atoms with E-state index in [4.69, 9.17) is 20.4 Å². The summed E-state index contributed by atoms with van der Waals surface area (Å²) >= 11 is -3.22. The molecule has 4 N–H and O–H groups in total. The fourth-order valence-corrected chi connectivity index (χ4v) is 1.50. The Morgan fingerprint density at radius 1 is 0.432 bits per heavy atom. The minimum Gasteiger partial charge on any atom is -0.548 e. The smallest absolute Gasteiger partial charge is 0.548 e. The van der Waals surface area contributed by atoms with Crippen LogP contribution in [0.2, 0.25) is 0 Å². The molecule has 0 aromatic rings. The molecule has 0 saturated heterocycles. The van der Waals surface area contributed by atoms with Crippen molar-refractivity contribution in [2.24, 2.45) is 0 Å². The van der Waals surface area contributed by atoms with Crippen LogP contribution < -0.4 is 0 Å². The fourth-order valence-electron chi connectivity index (χ4n) is 0.501. The number of hydrogen-bond acceptors (Lipinski definition) is 10. The monoisotopic (exact) mass is 618 g/mol. The second-order valence-corrected chi connectivity index (χ2v) is 5.67. The van der Waals surface area contributed by atoms with E-state index in [9.17, 15) is 33.6 Å². The van der Waals surface area contributed by atoms with E-state index in [1.807, 2.05) is 0 Å². The molecule has 16 heteroatoms. The summed E-state index contributed by atoms with van der Waals surface area (Å²) in [6.07, 6.45) is 5.89. The number of hydrogen-bond donors (Lipinski definition) is 4. The summed E-state index contributed by atoms with van der Waals surface area (Å²) in [7, 11) is 0. The van der Waals surface area contributed by atoms with Crippen molar-refractivity contribution in [3.8, 4) is 0 Å². The number of rotatable bonds is 10. The zero-order chi connectivity index (χ0) is 29.7. The Morgan fingerprint density at radius 3 is 0.649 bits per heavy atom. The predicted molar refractivity (Wildman–Crippen MR) is 126 cm³/mol. The van der Waals surface area contributed by atoms with Crippen LogP contribution in [0.5, 0.6) is 0 Å². The molecule has 0 atom stereocenters. The van der Waals surface area contributed by atoms with Crippen LogP contribution in [0.3, 0.4) is 0 Å². The quantitative estimate of drug-likeness (QED) is 0.199. The van der Waals surface area contributed by atoms with Gasteiger partial charge in [-0.2, -0.15) is 0 Å². The van der Waals surface area contributed by atoms with Crippen molar-refractivity contribution in [2.45, 2.75) is 0 Å². The topological polar surface area (TPSA) is 228 Å². The molecule has 0 saturated carbocycles. The number of carbonyl (C=O) groups excluding carboxylic acids is 3. The predicted octanol–water partition coefficient (Wildman–Crippen LogP) is 1.18. The standard InChI is InChI=1S/7C3H4O2.Al.Zr/c7*1-2-3(4)5;;/h7*2H,1H2,(H,4,5);;/q;;;;;;;+3;/p-3. The minimum atomic E-state index is -3.22. The van der Waals surface area contributed by atoms with E-state index in [1.54, 1.807) is 0 Å². The molecule has 0 heterocycles. The first-order chi connectivity index (χ1) is 16.6. The third-order valence-electron chi connectivity index (χ3n) is 1.84. The van der Waals surface area contributed by atoms with Crippen molar-refractivity contribution >= 4 is 56.9 Å². The normalized spacial score (nSPS) is 7.03. The van der Waals surface area contributed by atoms with Gasteiger partial charge in [0, 0.05) is 68.7 Å². The largest absolute Gasteiger partial charge is 1.20 e. The zero-order valence-electron chi connectivity index (χ0n) is 19.4.